The van der Waals surface area contributed by atoms with Crippen LogP contribution in [0.2, 0.25) is 0 Å². The van der Waals surface area contributed by atoms with Gasteiger partial charge in [-0.1, -0.05) is 30.3 Å². The molecule has 0 aliphatic carbocycles. The zero-order valence-corrected chi connectivity index (χ0v) is 18.5. The largest absolute Gasteiger partial charge is 0.497 e. The van der Waals surface area contributed by atoms with Crippen LogP contribution in [0.3, 0.4) is 0 Å². The Balaban J connectivity index is 1.69. The maximum absolute atomic E-state index is 13.0. The minimum Gasteiger partial charge on any atom is -0.497 e. The Labute approximate surface area is 196 Å². The lowest BCUT2D eigenvalue weighted by Crippen LogP contribution is -2.46. The zero-order chi connectivity index (χ0) is 24.3. The van der Waals surface area contributed by atoms with Gasteiger partial charge < -0.3 is 20.1 Å². The highest BCUT2D eigenvalue weighted by molar-refractivity contribution is 5.98. The van der Waals surface area contributed by atoms with Crippen LogP contribution in [-0.2, 0) is 16.0 Å². The van der Waals surface area contributed by atoms with Gasteiger partial charge in [0.15, 0.2) is 6.61 Å². The van der Waals surface area contributed by atoms with Crippen LogP contribution in [0.5, 0.6) is 11.5 Å². The first kappa shape index (κ1) is 24.3. The Bertz CT molecular complexity index is 1100. The fourth-order valence-electron chi connectivity index (χ4n) is 3.11. The third-order valence-corrected chi connectivity index (χ3v) is 4.88. The molecule has 3 aromatic rings. The highest BCUT2D eigenvalue weighted by Crippen LogP contribution is 2.15. The molecule has 0 bridgehead atoms. The second-order valence-electron chi connectivity index (χ2n) is 7.28. The van der Waals surface area contributed by atoms with Gasteiger partial charge in [0.25, 0.3) is 11.8 Å². The summed E-state index contributed by atoms with van der Waals surface area (Å²) in [5, 5.41) is 14.2. The highest BCUT2D eigenvalue weighted by Gasteiger charge is 2.22. The average molecular weight is 463 g/mol. The molecule has 0 saturated heterocycles. The summed E-state index contributed by atoms with van der Waals surface area (Å²) in [4.78, 5) is 37.0. The molecular formula is C25H25N3O6. The summed E-state index contributed by atoms with van der Waals surface area (Å²) in [7, 11) is 1.56. The number of hydrogen-bond donors (Lipinski definition) is 4. The number of nitrogens with one attached hydrogen (secondary N) is 3. The normalized spacial score (nSPS) is 11.1. The topological polar surface area (TPSA) is 126 Å². The van der Waals surface area contributed by atoms with Gasteiger partial charge in [-0.2, -0.15) is 0 Å². The number of benzene rings is 3. The van der Waals surface area contributed by atoms with Crippen molar-refractivity contribution in [2.45, 2.75) is 12.5 Å². The second-order valence-corrected chi connectivity index (χ2v) is 7.28. The third kappa shape index (κ3) is 7.07. The van der Waals surface area contributed by atoms with E-state index < -0.39 is 23.8 Å². The van der Waals surface area contributed by atoms with Crippen molar-refractivity contribution in [3.8, 4) is 11.5 Å². The first-order chi connectivity index (χ1) is 16.5. The Morgan fingerprint density at radius 1 is 0.882 bits per heavy atom. The van der Waals surface area contributed by atoms with Gasteiger partial charge in [-0.15, -0.1) is 0 Å². The number of carbonyl (C=O) groups is 3. The van der Waals surface area contributed by atoms with E-state index >= 15 is 0 Å². The molecule has 3 aromatic carbocycles. The number of amides is 3. The van der Waals surface area contributed by atoms with E-state index in [1.54, 1.807) is 49.0 Å². The molecule has 9 heteroatoms. The van der Waals surface area contributed by atoms with Crippen molar-refractivity contribution < 1.29 is 29.1 Å². The van der Waals surface area contributed by atoms with E-state index in [4.69, 9.17) is 14.7 Å². The molecule has 0 spiro atoms. The van der Waals surface area contributed by atoms with E-state index in [1.165, 1.54) is 24.3 Å². The summed E-state index contributed by atoms with van der Waals surface area (Å²) in [5.74, 6) is -0.338. The monoisotopic (exact) mass is 463 g/mol. The first-order valence-corrected chi connectivity index (χ1v) is 10.4. The van der Waals surface area contributed by atoms with Gasteiger partial charge in [0, 0.05) is 17.7 Å². The summed E-state index contributed by atoms with van der Waals surface area (Å²) in [5.41, 5.74) is 3.01. The highest BCUT2D eigenvalue weighted by atomic mass is 16.5. The fraction of sp³-hybridized carbons (Fsp3) is 0.160. The first-order valence-electron chi connectivity index (χ1n) is 10.4. The molecule has 0 aliphatic rings. The summed E-state index contributed by atoms with van der Waals surface area (Å²) < 4.78 is 10.6. The van der Waals surface area contributed by atoms with Crippen molar-refractivity contribution in [1.82, 2.24) is 10.8 Å². The predicted molar refractivity (Wildman–Crippen MR) is 125 cm³/mol. The van der Waals surface area contributed by atoms with E-state index in [0.29, 0.717) is 17.2 Å². The van der Waals surface area contributed by atoms with Gasteiger partial charge in [-0.25, -0.2) is 5.48 Å². The molecule has 34 heavy (non-hydrogen) atoms. The Morgan fingerprint density at radius 3 is 2.18 bits per heavy atom. The minimum absolute atomic E-state index is 0.224. The number of carbonyl (C=O) groups excluding carboxylic acids is 3. The second kappa shape index (κ2) is 12.0. The molecule has 0 heterocycles. The molecule has 0 fully saturated rings. The average Bonchev–Trinajstić information content (AvgIpc) is 2.88. The number of hydroxylamine groups is 1. The molecule has 0 saturated carbocycles. The SMILES string of the molecule is COc1ccc(C[C@H](NC(=O)COc2ccccc2)C(=O)Nc2ccc(C(=O)NO)cc2)cc1. The Morgan fingerprint density at radius 2 is 1.56 bits per heavy atom. The Hall–Kier alpha value is -4.37. The Kier molecular flexibility index (Phi) is 8.59. The lowest BCUT2D eigenvalue weighted by Gasteiger charge is -2.19. The molecule has 0 aliphatic heterocycles. The summed E-state index contributed by atoms with van der Waals surface area (Å²) in [6.45, 7) is -0.249. The van der Waals surface area contributed by atoms with Crippen LogP contribution >= 0.6 is 0 Å². The lowest BCUT2D eigenvalue weighted by molar-refractivity contribution is -0.127. The number of para-hydroxylation sites is 1. The number of methoxy groups -OCH3 is 1. The van der Waals surface area contributed by atoms with E-state index in [1.807, 2.05) is 18.2 Å². The fourth-order valence-corrected chi connectivity index (χ4v) is 3.11. The minimum atomic E-state index is -0.888. The predicted octanol–water partition coefficient (Wildman–Crippen LogP) is 2.56. The van der Waals surface area contributed by atoms with Crippen LogP contribution in [0.4, 0.5) is 5.69 Å². The lowest BCUT2D eigenvalue weighted by atomic mass is 10.0. The molecule has 176 valence electrons. The van der Waals surface area contributed by atoms with Crippen molar-refractivity contribution in [2.75, 3.05) is 19.0 Å². The van der Waals surface area contributed by atoms with Crippen LogP contribution < -0.4 is 25.6 Å². The summed E-state index contributed by atoms with van der Waals surface area (Å²) in [6, 6.07) is 21.1. The smallest absolute Gasteiger partial charge is 0.274 e. The zero-order valence-electron chi connectivity index (χ0n) is 18.5. The van der Waals surface area contributed by atoms with Crippen molar-refractivity contribution in [2.24, 2.45) is 0 Å². The molecule has 9 nitrogen and oxygen atoms in total. The van der Waals surface area contributed by atoms with Gasteiger partial charge in [0.05, 0.1) is 7.11 Å². The van der Waals surface area contributed by atoms with Gasteiger partial charge in [-0.05, 0) is 54.1 Å². The molecule has 0 unspecified atom stereocenters. The number of anilines is 1. The van der Waals surface area contributed by atoms with Gasteiger partial charge >= 0.3 is 0 Å². The van der Waals surface area contributed by atoms with E-state index in [2.05, 4.69) is 10.6 Å². The maximum atomic E-state index is 13.0. The molecular weight excluding hydrogens is 438 g/mol. The van der Waals surface area contributed by atoms with E-state index in [9.17, 15) is 14.4 Å². The molecule has 0 radical (unpaired) electrons. The quantitative estimate of drug-likeness (QED) is 0.270. The van der Waals surface area contributed by atoms with Crippen molar-refractivity contribution in [3.05, 3.63) is 90.0 Å². The number of rotatable bonds is 10. The van der Waals surface area contributed by atoms with Crippen molar-refractivity contribution in [1.29, 1.82) is 0 Å². The third-order valence-electron chi connectivity index (χ3n) is 4.88. The summed E-state index contributed by atoms with van der Waals surface area (Å²) >= 11 is 0. The van der Waals surface area contributed by atoms with Gasteiger partial charge in [0.2, 0.25) is 5.91 Å². The van der Waals surface area contributed by atoms with Crippen LogP contribution in [0, 0.1) is 0 Å². The van der Waals surface area contributed by atoms with E-state index in [0.717, 1.165) is 5.56 Å². The van der Waals surface area contributed by atoms with E-state index in [-0.39, 0.29) is 18.6 Å². The molecule has 1 atom stereocenters. The molecule has 0 aromatic heterocycles. The standard InChI is InChI=1S/C25H25N3O6/c1-33-20-13-7-17(8-14-20)15-22(27-23(29)16-34-21-5-3-2-4-6-21)25(31)26-19-11-9-18(10-12-19)24(30)28-32/h2-14,22,32H,15-16H2,1H3,(H,26,31)(H,27,29)(H,28,30)/t22-/m0/s1. The van der Waals surface area contributed by atoms with Crippen LogP contribution in [0.25, 0.3) is 0 Å². The van der Waals surface area contributed by atoms with Crippen molar-refractivity contribution >= 4 is 23.4 Å². The van der Waals surface area contributed by atoms with Crippen LogP contribution in [0.15, 0.2) is 78.9 Å². The van der Waals surface area contributed by atoms with Gasteiger partial charge in [0.1, 0.15) is 17.5 Å². The van der Waals surface area contributed by atoms with Crippen molar-refractivity contribution in [3.63, 3.8) is 0 Å². The van der Waals surface area contributed by atoms with Gasteiger partial charge in [-0.3, -0.25) is 19.6 Å². The van der Waals surface area contributed by atoms with Crippen LogP contribution in [-0.4, -0.2) is 42.7 Å². The maximum Gasteiger partial charge on any atom is 0.274 e. The van der Waals surface area contributed by atoms with Crippen LogP contribution in [0.1, 0.15) is 15.9 Å². The summed E-state index contributed by atoms with van der Waals surface area (Å²) in [6.07, 6.45) is 0.234. The number of ether oxygens (including phenoxy) is 2. The molecule has 3 amide bonds. The molecule has 3 rings (SSSR count). The molecule has 4 N–H and O–H groups in total. The number of hydrogen-bond acceptors (Lipinski definition) is 6.